The van der Waals surface area contributed by atoms with Crippen molar-refractivity contribution in [1.82, 2.24) is 19.5 Å². The molecule has 3 N–H and O–H groups in total. The van der Waals surface area contributed by atoms with Gasteiger partial charge in [0.05, 0.1) is 21.4 Å². The Bertz CT molecular complexity index is 2460. The molecule has 0 unspecified atom stereocenters. The van der Waals surface area contributed by atoms with E-state index in [1.165, 1.54) is 55.8 Å². The van der Waals surface area contributed by atoms with Gasteiger partial charge in [-0.15, -0.1) is 22.7 Å². The smallest absolute Gasteiger partial charge is 0.277 e. The van der Waals surface area contributed by atoms with E-state index in [0.717, 1.165) is 31.3 Å². The number of anilines is 2. The molecule has 0 aliphatic rings. The monoisotopic (exact) mass is 816 g/mol. The van der Waals surface area contributed by atoms with Crippen molar-refractivity contribution < 1.29 is 4.79 Å². The minimum atomic E-state index is -0.293. The molecule has 7 aromatic rings. The predicted octanol–water partition coefficient (Wildman–Crippen LogP) is 10.9. The number of rotatable bonds is 9. The molecule has 0 bridgehead atoms. The second kappa shape index (κ2) is 17.3. The molecule has 0 aliphatic carbocycles. The summed E-state index contributed by atoms with van der Waals surface area (Å²) in [6.45, 7) is 7.96. The Labute approximate surface area is 333 Å². The van der Waals surface area contributed by atoms with Gasteiger partial charge in [0.2, 0.25) is 0 Å². The first-order valence-electron chi connectivity index (χ1n) is 16.3. The SMILES string of the molecule is Cc1cccc(CSc2nc(N)c(C(=O)Nc3c(C)cccc3Cl)s2)c1.Cc1cccc(CSc2nc3ncn(-c4c(C)cccc4Cl)c(=O)c3s2)c1. The van der Waals surface area contributed by atoms with Crippen LogP contribution >= 0.6 is 69.4 Å². The summed E-state index contributed by atoms with van der Waals surface area (Å²) in [5, 5.41) is 3.86. The molecule has 8 nitrogen and oxygen atoms in total. The summed E-state index contributed by atoms with van der Waals surface area (Å²) in [6, 6.07) is 27.7. The molecule has 0 radical (unpaired) electrons. The Morgan fingerprint density at radius 3 is 1.98 bits per heavy atom. The fourth-order valence-corrected chi connectivity index (χ4v) is 9.79. The number of halogens is 2. The predicted molar refractivity (Wildman–Crippen MR) is 225 cm³/mol. The number of nitrogens with two attached hydrogens (primary N) is 1. The Morgan fingerprint density at radius 2 is 1.38 bits per heavy atom. The molecule has 14 heteroatoms. The quantitative estimate of drug-likeness (QED) is 0.138. The molecule has 4 aromatic carbocycles. The first-order chi connectivity index (χ1) is 25.5. The number of nitrogens with one attached hydrogen (secondary N) is 1. The summed E-state index contributed by atoms with van der Waals surface area (Å²) < 4.78 is 3.66. The summed E-state index contributed by atoms with van der Waals surface area (Å²) in [4.78, 5) is 39.2. The third kappa shape index (κ3) is 9.50. The van der Waals surface area contributed by atoms with Crippen molar-refractivity contribution in [2.75, 3.05) is 11.1 Å². The van der Waals surface area contributed by atoms with E-state index in [2.05, 4.69) is 76.6 Å². The van der Waals surface area contributed by atoms with E-state index in [-0.39, 0.29) is 17.3 Å². The lowest BCUT2D eigenvalue weighted by Crippen LogP contribution is -2.19. The minimum Gasteiger partial charge on any atom is -0.382 e. The van der Waals surface area contributed by atoms with Crippen LogP contribution in [0.15, 0.2) is 105 Å². The molecular weight excluding hydrogens is 784 g/mol. The van der Waals surface area contributed by atoms with Gasteiger partial charge in [-0.3, -0.25) is 14.2 Å². The number of hydrogen-bond donors (Lipinski definition) is 2. The number of nitrogens with zero attached hydrogens (tertiary/aromatic N) is 4. The van der Waals surface area contributed by atoms with Crippen molar-refractivity contribution in [3.63, 3.8) is 0 Å². The Kier molecular flexibility index (Phi) is 12.6. The maximum Gasteiger partial charge on any atom is 0.277 e. The second-order valence-electron chi connectivity index (χ2n) is 12.1. The fraction of sp³-hybridized carbons (Fsp3) is 0.154. The molecule has 0 aliphatic heterocycles. The van der Waals surface area contributed by atoms with E-state index in [1.807, 2.05) is 44.2 Å². The summed E-state index contributed by atoms with van der Waals surface area (Å²) in [6.07, 6.45) is 1.51. The van der Waals surface area contributed by atoms with Crippen molar-refractivity contribution >= 4 is 97.2 Å². The number of aromatic nitrogens is 4. The van der Waals surface area contributed by atoms with Gasteiger partial charge in [0.15, 0.2) is 14.3 Å². The first kappa shape index (κ1) is 38.6. The number of thioether (sulfide) groups is 2. The van der Waals surface area contributed by atoms with E-state index in [1.54, 1.807) is 35.7 Å². The molecule has 1 amide bonds. The molecule has 0 spiro atoms. The summed E-state index contributed by atoms with van der Waals surface area (Å²) in [7, 11) is 0. The molecule has 0 atom stereocenters. The molecule has 7 rings (SSSR count). The number of fused-ring (bicyclic) bond motifs is 1. The lowest BCUT2D eigenvalue weighted by molar-refractivity contribution is 0.103. The number of amides is 1. The number of aryl methyl sites for hydroxylation is 4. The summed E-state index contributed by atoms with van der Waals surface area (Å²) in [5.41, 5.74) is 14.3. The molecular formula is C39H34Cl2N6O2S4. The lowest BCUT2D eigenvalue weighted by Gasteiger charge is -2.10. The van der Waals surface area contributed by atoms with E-state index < -0.39 is 0 Å². The zero-order chi connectivity index (χ0) is 37.6. The lowest BCUT2D eigenvalue weighted by atomic mass is 10.2. The summed E-state index contributed by atoms with van der Waals surface area (Å²) in [5.74, 6) is 1.53. The number of hydrogen-bond acceptors (Lipinski definition) is 10. The molecule has 3 heterocycles. The number of carbonyl (C=O) groups excluding carboxylic acids is 1. The van der Waals surface area contributed by atoms with Gasteiger partial charge in [-0.05, 0) is 62.1 Å². The third-order valence-corrected chi connectivity index (χ3v) is 13.1. The third-order valence-electron chi connectivity index (χ3n) is 7.92. The highest BCUT2D eigenvalue weighted by Crippen LogP contribution is 2.34. The van der Waals surface area contributed by atoms with Crippen LogP contribution in [-0.2, 0) is 11.5 Å². The molecule has 0 saturated heterocycles. The Morgan fingerprint density at radius 1 is 0.792 bits per heavy atom. The minimum absolute atomic E-state index is 0.142. The van der Waals surface area contributed by atoms with Crippen LogP contribution in [0.4, 0.5) is 11.5 Å². The fourth-order valence-electron chi connectivity index (χ4n) is 5.33. The van der Waals surface area contributed by atoms with Crippen molar-refractivity contribution in [2.24, 2.45) is 0 Å². The number of thiazole rings is 2. The number of para-hydroxylation sites is 2. The normalized spacial score (nSPS) is 11.0. The Balaban J connectivity index is 0.000000182. The van der Waals surface area contributed by atoms with Crippen molar-refractivity contribution in [3.8, 4) is 5.69 Å². The van der Waals surface area contributed by atoms with Crippen molar-refractivity contribution in [3.05, 3.63) is 150 Å². The highest BCUT2D eigenvalue weighted by molar-refractivity contribution is 8.00. The standard InChI is InChI=1S/C20H16ClN3OS2.C19H18ClN3OS2/c1-12-5-3-7-14(9-12)10-26-20-23-18-17(27-20)19(25)24(11-22-18)16-13(2)6-4-8-15(16)21;1-11-5-3-7-13(9-11)10-25-19-23-17(21)16(26-19)18(24)22-15-12(2)6-4-8-14(15)20/h3-9,11H,10H2,1-2H3;3-9H,10,21H2,1-2H3,(H,22,24). The van der Waals surface area contributed by atoms with Crippen LogP contribution in [0.2, 0.25) is 10.0 Å². The van der Waals surface area contributed by atoms with Crippen LogP contribution in [0, 0.1) is 27.7 Å². The molecule has 0 saturated carbocycles. The van der Waals surface area contributed by atoms with E-state index in [0.29, 0.717) is 36.6 Å². The van der Waals surface area contributed by atoms with Crippen LogP contribution in [0.5, 0.6) is 0 Å². The van der Waals surface area contributed by atoms with E-state index >= 15 is 0 Å². The van der Waals surface area contributed by atoms with Gasteiger partial charge in [-0.25, -0.2) is 15.0 Å². The maximum absolute atomic E-state index is 13.0. The second-order valence-corrected chi connectivity index (χ2v) is 17.4. The van der Waals surface area contributed by atoms with Crippen molar-refractivity contribution in [2.45, 2.75) is 47.9 Å². The van der Waals surface area contributed by atoms with E-state index in [9.17, 15) is 9.59 Å². The van der Waals surface area contributed by atoms with Gasteiger partial charge in [0, 0.05) is 11.5 Å². The number of nitrogen functional groups attached to an aromatic ring is 1. The van der Waals surface area contributed by atoms with Gasteiger partial charge < -0.3 is 11.1 Å². The average Bonchev–Trinajstić information content (AvgIpc) is 3.73. The zero-order valence-electron chi connectivity index (χ0n) is 29.1. The van der Waals surface area contributed by atoms with Crippen LogP contribution in [0.1, 0.15) is 43.1 Å². The molecule has 270 valence electrons. The van der Waals surface area contributed by atoms with Crippen LogP contribution in [0.3, 0.4) is 0 Å². The van der Waals surface area contributed by atoms with Crippen molar-refractivity contribution in [1.29, 1.82) is 0 Å². The summed E-state index contributed by atoms with van der Waals surface area (Å²) >= 11 is 18.4. The molecule has 53 heavy (non-hydrogen) atoms. The van der Waals surface area contributed by atoms with Gasteiger partial charge in [0.1, 0.15) is 21.7 Å². The highest BCUT2D eigenvalue weighted by atomic mass is 35.5. The number of benzene rings is 4. The maximum atomic E-state index is 13.0. The van der Waals surface area contributed by atoms with Crippen LogP contribution < -0.4 is 16.6 Å². The van der Waals surface area contributed by atoms with Crippen LogP contribution in [-0.4, -0.2) is 25.4 Å². The van der Waals surface area contributed by atoms with E-state index in [4.69, 9.17) is 28.9 Å². The van der Waals surface area contributed by atoms with Gasteiger partial charge in [-0.2, -0.15) is 0 Å². The zero-order valence-corrected chi connectivity index (χ0v) is 33.9. The largest absolute Gasteiger partial charge is 0.382 e. The van der Waals surface area contributed by atoms with Crippen LogP contribution in [0.25, 0.3) is 16.0 Å². The van der Waals surface area contributed by atoms with Gasteiger partial charge in [-0.1, -0.05) is 131 Å². The average molecular weight is 818 g/mol. The topological polar surface area (TPSA) is 116 Å². The van der Waals surface area contributed by atoms with Gasteiger partial charge in [0.25, 0.3) is 11.5 Å². The molecule has 3 aromatic heterocycles. The first-order valence-corrected chi connectivity index (χ1v) is 20.7. The molecule has 0 fully saturated rings. The highest BCUT2D eigenvalue weighted by Gasteiger charge is 2.19. The van der Waals surface area contributed by atoms with Gasteiger partial charge >= 0.3 is 0 Å². The Hall–Kier alpha value is -4.17. The number of carbonyl (C=O) groups is 1.